The predicted molar refractivity (Wildman–Crippen MR) is 72.4 cm³/mol. The highest BCUT2D eigenvalue weighted by molar-refractivity contribution is 6.17. The molecule has 2 nitrogen and oxygen atoms in total. The molecular formula is C14H21ClN2. The molecule has 0 aliphatic heterocycles. The van der Waals surface area contributed by atoms with Crippen LogP contribution in [0.25, 0.3) is 0 Å². The third-order valence-corrected chi connectivity index (χ3v) is 3.91. The van der Waals surface area contributed by atoms with Gasteiger partial charge in [-0.25, -0.2) is 0 Å². The molecule has 0 spiro atoms. The van der Waals surface area contributed by atoms with Crippen molar-refractivity contribution in [1.82, 2.24) is 9.88 Å². The van der Waals surface area contributed by atoms with E-state index in [1.165, 1.54) is 30.5 Å². The number of alkyl halides is 1. The number of aromatic nitrogens is 1. The molecule has 0 atom stereocenters. The Morgan fingerprint density at radius 1 is 1.47 bits per heavy atom. The highest BCUT2D eigenvalue weighted by atomic mass is 35.5. The molecule has 1 heterocycles. The Bertz CT molecular complexity index is 350. The fraction of sp³-hybridized carbons (Fsp3) is 0.643. The van der Waals surface area contributed by atoms with E-state index in [0.717, 1.165) is 31.4 Å². The number of halogens is 1. The van der Waals surface area contributed by atoms with E-state index in [0.29, 0.717) is 0 Å². The Labute approximate surface area is 109 Å². The Morgan fingerprint density at radius 3 is 2.88 bits per heavy atom. The second-order valence-corrected chi connectivity index (χ2v) is 5.24. The van der Waals surface area contributed by atoms with Crippen molar-refractivity contribution in [1.29, 1.82) is 0 Å². The quantitative estimate of drug-likeness (QED) is 0.722. The van der Waals surface area contributed by atoms with Gasteiger partial charge in [0.05, 0.1) is 5.69 Å². The zero-order valence-corrected chi connectivity index (χ0v) is 11.3. The fourth-order valence-electron chi connectivity index (χ4n) is 2.28. The lowest BCUT2D eigenvalue weighted by Crippen LogP contribution is -2.40. The largest absolute Gasteiger partial charge is 0.295 e. The van der Waals surface area contributed by atoms with Crippen LogP contribution in [0.5, 0.6) is 0 Å². The minimum Gasteiger partial charge on any atom is -0.295 e. The SMILES string of the molecule is Cc1cccnc1CN(CCCCl)C1CCC1. The van der Waals surface area contributed by atoms with E-state index in [1.54, 1.807) is 0 Å². The molecule has 0 radical (unpaired) electrons. The normalized spacial score (nSPS) is 16.2. The molecule has 1 aromatic rings. The van der Waals surface area contributed by atoms with Crippen molar-refractivity contribution in [3.05, 3.63) is 29.6 Å². The molecular weight excluding hydrogens is 232 g/mol. The van der Waals surface area contributed by atoms with E-state index in [2.05, 4.69) is 22.9 Å². The molecule has 3 heteroatoms. The van der Waals surface area contributed by atoms with Crippen LogP contribution in [0.15, 0.2) is 18.3 Å². The van der Waals surface area contributed by atoms with Gasteiger partial charge in [-0.2, -0.15) is 0 Å². The van der Waals surface area contributed by atoms with Gasteiger partial charge < -0.3 is 0 Å². The van der Waals surface area contributed by atoms with Crippen LogP contribution in [0.1, 0.15) is 36.9 Å². The highest BCUT2D eigenvalue weighted by Crippen LogP contribution is 2.26. The van der Waals surface area contributed by atoms with E-state index >= 15 is 0 Å². The van der Waals surface area contributed by atoms with Gasteiger partial charge in [0.1, 0.15) is 0 Å². The lowest BCUT2D eigenvalue weighted by Gasteiger charge is -2.37. The molecule has 17 heavy (non-hydrogen) atoms. The molecule has 1 aromatic heterocycles. The maximum atomic E-state index is 5.80. The van der Waals surface area contributed by atoms with Crippen LogP contribution in [-0.2, 0) is 6.54 Å². The maximum Gasteiger partial charge on any atom is 0.0573 e. The highest BCUT2D eigenvalue weighted by Gasteiger charge is 2.24. The first-order chi connectivity index (χ1) is 8.31. The average molecular weight is 253 g/mol. The minimum atomic E-state index is 0.754. The average Bonchev–Trinajstić information content (AvgIpc) is 2.26. The van der Waals surface area contributed by atoms with E-state index in [9.17, 15) is 0 Å². The number of aryl methyl sites for hydroxylation is 1. The summed E-state index contributed by atoms with van der Waals surface area (Å²) in [5.74, 6) is 0.754. The van der Waals surface area contributed by atoms with Gasteiger partial charge in [-0.3, -0.25) is 9.88 Å². The third-order valence-electron chi connectivity index (χ3n) is 3.64. The van der Waals surface area contributed by atoms with Crippen LogP contribution in [0.4, 0.5) is 0 Å². The van der Waals surface area contributed by atoms with Gasteiger partial charge in [0.2, 0.25) is 0 Å². The third kappa shape index (κ3) is 3.43. The molecule has 0 unspecified atom stereocenters. The summed E-state index contributed by atoms with van der Waals surface area (Å²) >= 11 is 5.80. The van der Waals surface area contributed by atoms with Crippen LogP contribution in [0.3, 0.4) is 0 Å². The molecule has 2 rings (SSSR count). The van der Waals surface area contributed by atoms with Crippen molar-refractivity contribution < 1.29 is 0 Å². The van der Waals surface area contributed by atoms with E-state index < -0.39 is 0 Å². The Morgan fingerprint density at radius 2 is 2.29 bits per heavy atom. The van der Waals surface area contributed by atoms with Crippen molar-refractivity contribution in [3.8, 4) is 0 Å². The van der Waals surface area contributed by atoms with Gasteiger partial charge in [0.25, 0.3) is 0 Å². The molecule has 0 aromatic carbocycles. The summed E-state index contributed by atoms with van der Waals surface area (Å²) in [5.41, 5.74) is 2.51. The Balaban J connectivity index is 1.98. The molecule has 1 fully saturated rings. The number of hydrogen-bond donors (Lipinski definition) is 0. The minimum absolute atomic E-state index is 0.754. The fourth-order valence-corrected chi connectivity index (χ4v) is 2.40. The Hall–Kier alpha value is -0.600. The predicted octanol–water partition coefficient (Wildman–Crippen LogP) is 3.37. The van der Waals surface area contributed by atoms with Crippen LogP contribution >= 0.6 is 11.6 Å². The van der Waals surface area contributed by atoms with Crippen LogP contribution in [0.2, 0.25) is 0 Å². The number of nitrogens with zero attached hydrogens (tertiary/aromatic N) is 2. The Kier molecular flexibility index (Phi) is 4.81. The zero-order chi connectivity index (χ0) is 12.1. The van der Waals surface area contributed by atoms with E-state index in [-0.39, 0.29) is 0 Å². The molecule has 1 saturated carbocycles. The number of pyridine rings is 1. The summed E-state index contributed by atoms with van der Waals surface area (Å²) in [7, 11) is 0. The molecule has 0 N–H and O–H groups in total. The van der Waals surface area contributed by atoms with Crippen molar-refractivity contribution >= 4 is 11.6 Å². The number of rotatable bonds is 6. The molecule has 1 aliphatic carbocycles. The van der Waals surface area contributed by atoms with Crippen LogP contribution in [0, 0.1) is 6.92 Å². The summed E-state index contributed by atoms with van der Waals surface area (Å²) in [4.78, 5) is 7.05. The molecule has 0 bridgehead atoms. The lowest BCUT2D eigenvalue weighted by molar-refractivity contribution is 0.118. The standard InChI is InChI=1S/C14H21ClN2/c1-12-5-3-9-16-14(12)11-17(10-4-8-15)13-6-2-7-13/h3,5,9,13H,2,4,6-8,10-11H2,1H3. The monoisotopic (exact) mass is 252 g/mol. The maximum absolute atomic E-state index is 5.80. The first-order valence-corrected chi connectivity index (χ1v) is 7.05. The smallest absolute Gasteiger partial charge is 0.0573 e. The van der Waals surface area contributed by atoms with Crippen LogP contribution < -0.4 is 0 Å². The van der Waals surface area contributed by atoms with Crippen molar-refractivity contribution in [2.45, 2.75) is 45.2 Å². The summed E-state index contributed by atoms with van der Waals surface area (Å²) in [6, 6.07) is 4.91. The first-order valence-electron chi connectivity index (χ1n) is 6.52. The van der Waals surface area contributed by atoms with Gasteiger partial charge >= 0.3 is 0 Å². The van der Waals surface area contributed by atoms with Crippen molar-refractivity contribution in [2.24, 2.45) is 0 Å². The molecule has 0 amide bonds. The second kappa shape index (κ2) is 6.36. The molecule has 0 saturated heterocycles. The summed E-state index contributed by atoms with van der Waals surface area (Å²) in [6.07, 6.45) is 7.03. The van der Waals surface area contributed by atoms with Gasteiger partial charge in [-0.05, 0) is 44.4 Å². The topological polar surface area (TPSA) is 16.1 Å². The van der Waals surface area contributed by atoms with E-state index in [1.807, 2.05) is 12.3 Å². The summed E-state index contributed by atoms with van der Waals surface area (Å²) in [5, 5.41) is 0. The van der Waals surface area contributed by atoms with Gasteiger partial charge in [-0.1, -0.05) is 12.5 Å². The zero-order valence-electron chi connectivity index (χ0n) is 10.5. The van der Waals surface area contributed by atoms with Gasteiger partial charge in [-0.15, -0.1) is 11.6 Å². The second-order valence-electron chi connectivity index (χ2n) is 4.86. The first kappa shape index (κ1) is 12.8. The molecule has 1 aliphatic rings. The van der Waals surface area contributed by atoms with Gasteiger partial charge in [0, 0.05) is 24.7 Å². The van der Waals surface area contributed by atoms with Gasteiger partial charge in [0.15, 0.2) is 0 Å². The summed E-state index contributed by atoms with van der Waals surface area (Å²) in [6.45, 7) is 4.22. The molecule has 94 valence electrons. The number of hydrogen-bond acceptors (Lipinski definition) is 2. The summed E-state index contributed by atoms with van der Waals surface area (Å²) < 4.78 is 0. The van der Waals surface area contributed by atoms with E-state index in [4.69, 9.17) is 11.6 Å². The lowest BCUT2D eigenvalue weighted by atomic mass is 9.91. The van der Waals surface area contributed by atoms with Crippen molar-refractivity contribution in [3.63, 3.8) is 0 Å². The van der Waals surface area contributed by atoms with Crippen molar-refractivity contribution in [2.75, 3.05) is 12.4 Å². The van der Waals surface area contributed by atoms with Crippen LogP contribution in [-0.4, -0.2) is 28.4 Å².